The van der Waals surface area contributed by atoms with Crippen LogP contribution < -0.4 is 81.0 Å². The maximum atomic E-state index is 14.8. The van der Waals surface area contributed by atoms with Gasteiger partial charge >= 0.3 is 5.97 Å². The molecule has 33 heteroatoms. The van der Waals surface area contributed by atoms with Crippen LogP contribution in [0, 0.1) is 21.6 Å². The number of aliphatic hydroxyl groups is 1. The number of para-hydroxylation sites is 1. The average molecular weight is 1280 g/mol. The van der Waals surface area contributed by atoms with Gasteiger partial charge in [-0.05, 0) is 68.1 Å². The molecule has 3 aromatic rings. The number of hydrogen-bond donors (Lipinski definition) is 23. The Kier molecular flexibility index (Phi) is 31.0. The number of nitrogens with two attached hydrogens (primary N) is 3. The second kappa shape index (κ2) is 37.1. The molecule has 1 aromatic heterocycles. The minimum absolute atomic E-state index is 0.0549. The second-order valence-electron chi connectivity index (χ2n) is 22.1. The number of aliphatic carboxylic acids is 1. The lowest BCUT2D eigenvalue weighted by Crippen LogP contribution is -2.62. The number of aromatic nitrogens is 1. The fourth-order valence-corrected chi connectivity index (χ4v) is 9.50. The fourth-order valence-electron chi connectivity index (χ4n) is 8.99. The highest BCUT2D eigenvalue weighted by Gasteiger charge is 2.38. The van der Waals surface area contributed by atoms with Gasteiger partial charge in [-0.15, -0.1) is 0 Å². The molecule has 0 unspecified atom stereocenters. The van der Waals surface area contributed by atoms with Crippen LogP contribution in [0.4, 0.5) is 0 Å². The van der Waals surface area contributed by atoms with Crippen molar-refractivity contribution in [1.29, 1.82) is 16.2 Å². The number of nitrogens with one attached hydrogen (secondary N) is 16. The summed E-state index contributed by atoms with van der Waals surface area (Å²) < 4.78 is 0. The molecule has 0 bridgehead atoms. The third kappa shape index (κ3) is 26.2. The summed E-state index contributed by atoms with van der Waals surface area (Å²) >= 11 is 8.57. The van der Waals surface area contributed by atoms with Gasteiger partial charge in [0, 0.05) is 68.0 Å². The Morgan fingerprint density at radius 2 is 0.910 bits per heavy atom. The molecular formula is C56H87N19O12S2. The van der Waals surface area contributed by atoms with Crippen molar-refractivity contribution >= 4 is 113 Å². The monoisotopic (exact) mass is 1280 g/mol. The van der Waals surface area contributed by atoms with Gasteiger partial charge < -0.3 is 96.2 Å². The molecule has 0 fully saturated rings. The summed E-state index contributed by atoms with van der Waals surface area (Å²) in [6, 6.07) is 2.61. The first-order chi connectivity index (χ1) is 41.9. The van der Waals surface area contributed by atoms with Crippen LogP contribution in [0.5, 0.6) is 0 Å². The van der Waals surface area contributed by atoms with E-state index in [2.05, 4.69) is 94.0 Å². The number of benzene rings is 2. The molecule has 0 saturated heterocycles. The van der Waals surface area contributed by atoms with Gasteiger partial charge in [-0.1, -0.05) is 69.3 Å². The Hall–Kier alpha value is -8.85. The van der Waals surface area contributed by atoms with E-state index < -0.39 is 131 Å². The fraction of sp³-hybridized carbons (Fsp3) is 0.518. The number of H-pyrrole nitrogens is 1. The highest BCUT2D eigenvalue weighted by Crippen LogP contribution is 2.21. The minimum Gasteiger partial charge on any atom is -0.480 e. The lowest BCUT2D eigenvalue weighted by atomic mass is 9.86. The van der Waals surface area contributed by atoms with Gasteiger partial charge in [0.1, 0.15) is 54.4 Å². The summed E-state index contributed by atoms with van der Waals surface area (Å²) in [5.74, 6) is -11.0. The summed E-state index contributed by atoms with van der Waals surface area (Å²) in [7, 11) is 0. The molecule has 2 aromatic carbocycles. The Bertz CT molecular complexity index is 2950. The quantitative estimate of drug-likeness (QED) is 0.0115. The highest BCUT2D eigenvalue weighted by atomic mass is 32.1. The first kappa shape index (κ1) is 74.4. The minimum atomic E-state index is -1.77. The number of aromatic amines is 1. The van der Waals surface area contributed by atoms with Crippen molar-refractivity contribution in [2.75, 3.05) is 31.1 Å². The third-order valence-corrected chi connectivity index (χ3v) is 14.4. The van der Waals surface area contributed by atoms with Crippen molar-refractivity contribution in [3.05, 3.63) is 71.9 Å². The molecule has 0 spiro atoms. The Balaban J connectivity index is 1.95. The normalized spacial score (nSPS) is 14.5. The van der Waals surface area contributed by atoms with Gasteiger partial charge in [-0.3, -0.25) is 59.4 Å². The first-order valence-corrected chi connectivity index (χ1v) is 29.9. The van der Waals surface area contributed by atoms with Crippen molar-refractivity contribution < 1.29 is 58.2 Å². The van der Waals surface area contributed by atoms with Crippen LogP contribution in [0.3, 0.4) is 0 Å². The number of fused-ring (bicyclic) bond motifs is 1. The van der Waals surface area contributed by atoms with Crippen molar-refractivity contribution in [2.24, 2.45) is 22.6 Å². The highest BCUT2D eigenvalue weighted by molar-refractivity contribution is 7.80. The van der Waals surface area contributed by atoms with Crippen LogP contribution >= 0.6 is 25.3 Å². The molecule has 0 aliphatic carbocycles. The van der Waals surface area contributed by atoms with Gasteiger partial charge in [0.2, 0.25) is 53.2 Å². The number of guanidine groups is 3. The summed E-state index contributed by atoms with van der Waals surface area (Å²) in [4.78, 5) is 141. The molecule has 31 nitrogen and oxygen atoms in total. The molecule has 490 valence electrons. The standard InChI is InChI=1S/C56H87N19O12S2/c1-29(76)42(51(85)69-37(20-13-23-65-55(61)62)46(80)75-43(52(86)87)56(3,4)5)74-50(84)41(28-89)73-49(83)40(27-88)72-48(82)39(25-32-26-66-34-17-10-9-16-33(32)34)71-47(81)38(24-31-14-7-6-8-15-31)70-45(79)36(19-12-22-64-54(59)60)68-44(78)35(67-30(2)77)18-11-21-63-53(57)58/h6-10,14-17,26,29,35-43,66,76,88-89H,11-13,18-25,27-28H2,1-5H3,(H,67,77)(H,68,78)(H,69,85)(H,70,79)(H,71,81)(H,72,82)(H,73,83)(H,74,84)(H,75,80)(H,86,87)(H4,57,58,63)(H4,59,60,64)(H4,61,62,65)/t29-,35+,36+,37+,38+,39+,40-,41+,42+,43-/m1/s1. The van der Waals surface area contributed by atoms with Crippen LogP contribution in [0.2, 0.25) is 0 Å². The maximum absolute atomic E-state index is 14.8. The van der Waals surface area contributed by atoms with Gasteiger partial charge in [0.05, 0.1) is 6.10 Å². The molecule has 24 N–H and O–H groups in total. The molecular weight excluding hydrogens is 1190 g/mol. The van der Waals surface area contributed by atoms with E-state index in [1.54, 1.807) is 81.6 Å². The number of carboxylic acid groups (broad SMARTS) is 1. The molecule has 0 radical (unpaired) electrons. The molecule has 0 saturated carbocycles. The Morgan fingerprint density at radius 3 is 1.35 bits per heavy atom. The zero-order valence-corrected chi connectivity index (χ0v) is 52.1. The number of carbonyl (C=O) groups excluding carboxylic acids is 9. The van der Waals surface area contributed by atoms with E-state index in [1.807, 2.05) is 0 Å². The van der Waals surface area contributed by atoms with Crippen molar-refractivity contribution in [1.82, 2.24) is 68.8 Å². The van der Waals surface area contributed by atoms with Crippen molar-refractivity contribution in [2.45, 2.75) is 146 Å². The molecule has 3 rings (SSSR count). The second-order valence-corrected chi connectivity index (χ2v) is 22.8. The van der Waals surface area contributed by atoms with Crippen LogP contribution in [-0.2, 0) is 60.8 Å². The topological polar surface area (TPSA) is 521 Å². The number of aliphatic hydroxyl groups excluding tert-OH is 1. The zero-order chi connectivity index (χ0) is 66.5. The van der Waals surface area contributed by atoms with Gasteiger partial charge in [-0.2, -0.15) is 25.3 Å². The zero-order valence-electron chi connectivity index (χ0n) is 50.3. The van der Waals surface area contributed by atoms with Crippen LogP contribution in [-0.4, -0.2) is 184 Å². The van der Waals surface area contributed by atoms with Gasteiger partial charge in [0.15, 0.2) is 17.9 Å². The molecule has 89 heavy (non-hydrogen) atoms. The number of rotatable bonds is 37. The lowest BCUT2D eigenvalue weighted by molar-refractivity contribution is -0.145. The molecule has 10 atom stereocenters. The van der Waals surface area contributed by atoms with Crippen LogP contribution in [0.15, 0.2) is 60.8 Å². The third-order valence-electron chi connectivity index (χ3n) is 13.7. The smallest absolute Gasteiger partial charge is 0.326 e. The van der Waals surface area contributed by atoms with E-state index in [-0.39, 0.29) is 94.6 Å². The first-order valence-electron chi connectivity index (χ1n) is 28.6. The van der Waals surface area contributed by atoms with Crippen LogP contribution in [0.1, 0.15) is 84.3 Å². The summed E-state index contributed by atoms with van der Waals surface area (Å²) in [6.45, 7) is 7.52. The van der Waals surface area contributed by atoms with Crippen molar-refractivity contribution in [3.63, 3.8) is 0 Å². The average Bonchev–Trinajstić information content (AvgIpc) is 2.41. The van der Waals surface area contributed by atoms with Crippen molar-refractivity contribution in [3.8, 4) is 0 Å². The Labute approximate surface area is 526 Å². The molecule has 9 amide bonds. The van der Waals surface area contributed by atoms with E-state index in [0.29, 0.717) is 22.0 Å². The van der Waals surface area contributed by atoms with Crippen LogP contribution in [0.25, 0.3) is 10.9 Å². The van der Waals surface area contributed by atoms with E-state index in [0.717, 1.165) is 0 Å². The maximum Gasteiger partial charge on any atom is 0.326 e. The predicted molar refractivity (Wildman–Crippen MR) is 339 cm³/mol. The SMILES string of the molecule is CC(=O)N[C@@H](CCCNC(=N)N)C(=O)N[C@@H](CCCNC(=N)N)C(=O)N[C@@H](Cc1ccccc1)C(=O)N[C@@H](Cc1c[nH]c2ccccc12)C(=O)N[C@H](CS)C(=O)N[C@@H](CS)C(=O)N[C@H](C(=O)N[C@@H](CCCNC(=N)N)C(=O)N[C@H](C(=O)O)C(C)(C)C)[C@@H](C)O. The number of hydrogen-bond acceptors (Lipinski definition) is 16. The number of carboxylic acids is 1. The summed E-state index contributed by atoms with van der Waals surface area (Å²) in [6.07, 6.45) is 0.173. The number of amides is 9. The van der Waals surface area contributed by atoms with E-state index in [9.17, 15) is 58.2 Å². The molecule has 0 aliphatic rings. The predicted octanol–water partition coefficient (Wildman–Crippen LogP) is -3.50. The lowest BCUT2D eigenvalue weighted by Gasteiger charge is -2.30. The number of carbonyl (C=O) groups is 10. The van der Waals surface area contributed by atoms with E-state index in [1.165, 1.54) is 13.8 Å². The Morgan fingerprint density at radius 1 is 0.528 bits per heavy atom. The molecule has 0 aliphatic heterocycles. The van der Waals surface area contributed by atoms with E-state index in [4.69, 9.17) is 33.4 Å². The summed E-state index contributed by atoms with van der Waals surface area (Å²) in [5.41, 5.74) is 17.1. The number of thiol groups is 2. The van der Waals surface area contributed by atoms with Gasteiger partial charge in [-0.25, -0.2) is 4.79 Å². The largest absolute Gasteiger partial charge is 0.480 e. The van der Waals surface area contributed by atoms with Gasteiger partial charge in [0.25, 0.3) is 0 Å². The summed E-state index contributed by atoms with van der Waals surface area (Å²) in [5, 5.41) is 74.7. The van der Waals surface area contributed by atoms with E-state index >= 15 is 0 Å². The molecule has 1 heterocycles.